The lowest BCUT2D eigenvalue weighted by molar-refractivity contribution is 0.321. The van der Waals surface area contributed by atoms with Gasteiger partial charge in [-0.1, -0.05) is 0 Å². The predicted molar refractivity (Wildman–Crippen MR) is 33.1 cm³/mol. The average Bonchev–Trinajstić information content (AvgIpc) is 1.68. The summed E-state index contributed by atoms with van der Waals surface area (Å²) >= 11 is 4.37. The Morgan fingerprint density at radius 3 is 2.29 bits per heavy atom. The van der Waals surface area contributed by atoms with E-state index in [1.807, 2.05) is 0 Å². The molecule has 0 bridgehead atoms. The summed E-state index contributed by atoms with van der Waals surface area (Å²) in [6, 6.07) is 0. The van der Waals surface area contributed by atoms with Gasteiger partial charge in [-0.15, -0.1) is 0 Å². The molecule has 6 heteroatoms. The van der Waals surface area contributed by atoms with Gasteiger partial charge >= 0.3 is 6.72 Å². The maximum Gasteiger partial charge on any atom is 0.309 e. The average molecular weight is 140 g/mol. The highest BCUT2D eigenvalue weighted by Crippen LogP contribution is 2.40. The molecule has 0 aromatic carbocycles. The summed E-state index contributed by atoms with van der Waals surface area (Å²) in [6.45, 7) is -2.82. The Morgan fingerprint density at radius 1 is 1.86 bits per heavy atom. The van der Waals surface area contributed by atoms with Gasteiger partial charge < -0.3 is 13.9 Å². The molecule has 0 aliphatic rings. The van der Waals surface area contributed by atoms with Gasteiger partial charge in [0.2, 0.25) is 0 Å². The van der Waals surface area contributed by atoms with E-state index in [1.165, 1.54) is 15.2 Å². The molecule has 0 fully saturated rings. The monoisotopic (exact) mass is 140 g/mol. The van der Waals surface area contributed by atoms with Gasteiger partial charge in [0.1, 0.15) is 0 Å². The largest absolute Gasteiger partial charge is 0.379 e. The zero-order chi connectivity index (χ0) is 5.91. The van der Waals surface area contributed by atoms with Gasteiger partial charge in [0.25, 0.3) is 8.05 Å². The van der Waals surface area contributed by atoms with Crippen LogP contribution in [-0.2, 0) is 20.8 Å². The van der Waals surface area contributed by atoms with Gasteiger partial charge in [-0.05, 0) is 11.8 Å². The minimum atomic E-state index is -2.82. The second-order valence-electron chi connectivity index (χ2n) is 0.834. The van der Waals surface area contributed by atoms with Crippen molar-refractivity contribution >= 4 is 26.6 Å². The van der Waals surface area contributed by atoms with Crippen molar-refractivity contribution in [2.75, 3.05) is 7.11 Å². The van der Waals surface area contributed by atoms with Crippen molar-refractivity contribution in [2.24, 2.45) is 0 Å². The van der Waals surface area contributed by atoms with Crippen molar-refractivity contribution in [1.29, 1.82) is 0 Å². The molecule has 0 rings (SSSR count). The van der Waals surface area contributed by atoms with Crippen LogP contribution in [-0.4, -0.2) is 20.1 Å². The van der Waals surface area contributed by atoms with E-state index in [2.05, 4.69) is 20.8 Å². The van der Waals surface area contributed by atoms with Crippen LogP contribution in [0.1, 0.15) is 0 Å². The Labute approximate surface area is 48.3 Å². The van der Waals surface area contributed by atoms with Gasteiger partial charge in [-0.3, -0.25) is 0 Å². The molecule has 0 amide bonds. The summed E-state index contributed by atoms with van der Waals surface area (Å²) < 4.78 is 8.69. The van der Waals surface area contributed by atoms with Crippen molar-refractivity contribution in [3.8, 4) is 0 Å². The van der Waals surface area contributed by atoms with Gasteiger partial charge in [-0.2, -0.15) is 0 Å². The molecule has 42 valence electrons. The minimum Gasteiger partial charge on any atom is -0.379 e. The summed E-state index contributed by atoms with van der Waals surface area (Å²) in [7, 11) is 2.62. The highest BCUT2D eigenvalue weighted by atomic mass is 32.5. The molecule has 0 aliphatic heterocycles. The third-order valence-electron chi connectivity index (χ3n) is 0.461. The van der Waals surface area contributed by atoms with Crippen LogP contribution in [0.15, 0.2) is 0 Å². The zero-order valence-corrected chi connectivity index (χ0v) is 5.83. The Morgan fingerprint density at radius 2 is 2.29 bits per heavy atom. The molecule has 7 heavy (non-hydrogen) atoms. The molecular weight excluding hydrogens is 134 g/mol. The van der Waals surface area contributed by atoms with Gasteiger partial charge in [0.05, 0.1) is 0 Å². The third kappa shape index (κ3) is 3.20. The van der Waals surface area contributed by atoms with Crippen LogP contribution in [0.2, 0.25) is 0 Å². The van der Waals surface area contributed by atoms with E-state index in [9.17, 15) is 0 Å². The van der Waals surface area contributed by atoms with Crippen molar-refractivity contribution in [3.05, 3.63) is 0 Å². The van der Waals surface area contributed by atoms with E-state index in [1.54, 1.807) is 0 Å². The second-order valence-corrected chi connectivity index (χ2v) is 3.89. The molecule has 0 heterocycles. The molecule has 1 unspecified atom stereocenters. The van der Waals surface area contributed by atoms with Crippen molar-refractivity contribution in [1.82, 2.24) is 0 Å². The fourth-order valence-electron chi connectivity index (χ4n) is 0.0745. The van der Waals surface area contributed by atoms with Crippen LogP contribution in [0.5, 0.6) is 0 Å². The Kier molecular flexibility index (Phi) is 3.03. The van der Waals surface area contributed by atoms with E-state index in [4.69, 9.17) is 4.89 Å². The Balaban J connectivity index is 3.61. The SMILES string of the molecule is BOP(O)(=S)OC. The molecule has 0 spiro atoms. The lowest BCUT2D eigenvalue weighted by Crippen LogP contribution is -1.84. The predicted octanol–water partition coefficient (Wildman–Crippen LogP) is -0.586. The maximum absolute atomic E-state index is 8.61. The second kappa shape index (κ2) is 2.79. The molecule has 0 aromatic rings. The quantitative estimate of drug-likeness (QED) is 0.411. The number of rotatable bonds is 2. The smallest absolute Gasteiger partial charge is 0.309 e. The molecule has 0 radical (unpaired) electrons. The first-order valence-electron chi connectivity index (χ1n) is 1.56. The fourth-order valence-corrected chi connectivity index (χ4v) is 0.224. The first-order chi connectivity index (χ1) is 3.12. The van der Waals surface area contributed by atoms with E-state index in [-0.39, 0.29) is 0 Å². The van der Waals surface area contributed by atoms with Crippen molar-refractivity contribution < 1.29 is 13.9 Å². The van der Waals surface area contributed by atoms with Crippen molar-refractivity contribution in [2.45, 2.75) is 0 Å². The highest BCUT2D eigenvalue weighted by molar-refractivity contribution is 8.07. The maximum atomic E-state index is 8.61. The van der Waals surface area contributed by atoms with E-state index in [0.717, 1.165) is 0 Å². The third-order valence-corrected chi connectivity index (χ3v) is 2.28. The van der Waals surface area contributed by atoms with Crippen molar-refractivity contribution in [3.63, 3.8) is 0 Å². The van der Waals surface area contributed by atoms with E-state index < -0.39 is 6.72 Å². The van der Waals surface area contributed by atoms with E-state index >= 15 is 0 Å². The van der Waals surface area contributed by atoms with Gasteiger partial charge in [0.15, 0.2) is 0 Å². The molecule has 0 saturated heterocycles. The molecule has 3 nitrogen and oxygen atoms in total. The topological polar surface area (TPSA) is 38.7 Å². The summed E-state index contributed by atoms with van der Waals surface area (Å²) in [4.78, 5) is 8.61. The van der Waals surface area contributed by atoms with Gasteiger partial charge in [0, 0.05) is 7.11 Å². The summed E-state index contributed by atoms with van der Waals surface area (Å²) in [6.07, 6.45) is 0. The van der Waals surface area contributed by atoms with Crippen LogP contribution in [0.4, 0.5) is 0 Å². The Bertz CT molecular complexity index is 86.9. The summed E-state index contributed by atoms with van der Waals surface area (Å²) in [5, 5.41) is 0. The van der Waals surface area contributed by atoms with Crippen LogP contribution in [0.25, 0.3) is 0 Å². The molecule has 1 N–H and O–H groups in total. The highest BCUT2D eigenvalue weighted by Gasteiger charge is 2.05. The molecule has 0 aliphatic carbocycles. The summed E-state index contributed by atoms with van der Waals surface area (Å²) in [5.41, 5.74) is 0. The standard InChI is InChI=1S/CH6BO3PS/c1-4-6(3,7)5-2/h2H2,1H3,(H,3,7). The number of hydrogen-bond donors (Lipinski definition) is 1. The first kappa shape index (κ1) is 7.59. The van der Waals surface area contributed by atoms with Crippen LogP contribution in [0, 0.1) is 0 Å². The van der Waals surface area contributed by atoms with Crippen LogP contribution < -0.4 is 0 Å². The first-order valence-corrected chi connectivity index (χ1v) is 4.16. The fraction of sp³-hybridized carbons (Fsp3) is 1.00. The van der Waals surface area contributed by atoms with Crippen LogP contribution >= 0.6 is 6.72 Å². The summed E-state index contributed by atoms with van der Waals surface area (Å²) in [5.74, 6) is 0. The Hall–Kier alpha value is 0.595. The lowest BCUT2D eigenvalue weighted by atomic mass is 10.6. The molecule has 0 aromatic heterocycles. The zero-order valence-electron chi connectivity index (χ0n) is 4.12. The molecule has 0 saturated carbocycles. The number of hydrogen-bond acceptors (Lipinski definition) is 3. The van der Waals surface area contributed by atoms with Gasteiger partial charge in [-0.25, -0.2) is 0 Å². The molecule has 1 atom stereocenters. The van der Waals surface area contributed by atoms with Crippen LogP contribution in [0.3, 0.4) is 0 Å². The lowest BCUT2D eigenvalue weighted by Gasteiger charge is -2.07. The molecular formula is CH6BO3PS. The van der Waals surface area contributed by atoms with E-state index in [0.29, 0.717) is 0 Å². The minimum absolute atomic E-state index is 1.31. The normalized spacial score (nSPS) is 18.6.